The van der Waals surface area contributed by atoms with Crippen LogP contribution in [0.2, 0.25) is 9.36 Å². The number of aromatic nitrogens is 1. The zero-order chi connectivity index (χ0) is 7.84. The van der Waals surface area contributed by atoms with Gasteiger partial charge in [-0.3, -0.25) is 4.98 Å². The van der Waals surface area contributed by atoms with Crippen LogP contribution in [0.4, 0.5) is 0 Å². The van der Waals surface area contributed by atoms with E-state index in [9.17, 15) is 0 Å². The predicted molar refractivity (Wildman–Crippen MR) is 49.6 cm³/mol. The Morgan fingerprint density at radius 3 is 2.82 bits per heavy atom. The van der Waals surface area contributed by atoms with Gasteiger partial charge in [-0.2, -0.15) is 0 Å². The van der Waals surface area contributed by atoms with Crippen LogP contribution in [-0.2, 0) is 0 Å². The molecule has 2 aromatic heterocycles. The highest BCUT2D eigenvalue weighted by atomic mass is 35.5. The van der Waals surface area contributed by atoms with Crippen molar-refractivity contribution < 1.29 is 0 Å². The summed E-state index contributed by atoms with van der Waals surface area (Å²) in [5.74, 6) is 0. The third-order valence-electron chi connectivity index (χ3n) is 1.37. The molecule has 2 aromatic rings. The summed E-state index contributed by atoms with van der Waals surface area (Å²) in [6.07, 6.45) is 3.38. The Kier molecular flexibility index (Phi) is 1.75. The molecule has 0 saturated carbocycles. The minimum absolute atomic E-state index is 0.658. The highest BCUT2D eigenvalue weighted by Gasteiger charge is 2.02. The van der Waals surface area contributed by atoms with Crippen molar-refractivity contribution in [2.45, 2.75) is 0 Å². The van der Waals surface area contributed by atoms with Gasteiger partial charge in [0, 0.05) is 17.8 Å². The van der Waals surface area contributed by atoms with Crippen LogP contribution in [0.1, 0.15) is 0 Å². The van der Waals surface area contributed by atoms with E-state index in [2.05, 4.69) is 4.98 Å². The quantitative estimate of drug-likeness (QED) is 0.638. The maximum absolute atomic E-state index is 5.86. The second-order valence-electron chi connectivity index (χ2n) is 2.08. The number of hydrogen-bond donors (Lipinski definition) is 0. The lowest BCUT2D eigenvalue weighted by Crippen LogP contribution is -1.69. The minimum Gasteiger partial charge on any atom is -0.262 e. The molecule has 0 aliphatic carbocycles. The fourth-order valence-corrected chi connectivity index (χ4v) is 2.30. The van der Waals surface area contributed by atoms with Crippen molar-refractivity contribution in [3.05, 3.63) is 27.8 Å². The van der Waals surface area contributed by atoms with E-state index in [1.807, 2.05) is 6.07 Å². The van der Waals surface area contributed by atoms with E-state index in [-0.39, 0.29) is 0 Å². The number of nitrogens with zero attached hydrogens (tertiary/aromatic N) is 1. The first kappa shape index (κ1) is 7.35. The second kappa shape index (κ2) is 2.63. The van der Waals surface area contributed by atoms with Gasteiger partial charge in [0.05, 0.1) is 14.1 Å². The van der Waals surface area contributed by atoms with Crippen LogP contribution in [-0.4, -0.2) is 4.98 Å². The third kappa shape index (κ3) is 1.22. The molecule has 0 amide bonds. The summed E-state index contributed by atoms with van der Waals surface area (Å²) in [6.45, 7) is 0. The zero-order valence-corrected chi connectivity index (χ0v) is 7.67. The molecule has 2 heterocycles. The lowest BCUT2D eigenvalue weighted by molar-refractivity contribution is 1.37. The highest BCUT2D eigenvalue weighted by molar-refractivity contribution is 7.22. The van der Waals surface area contributed by atoms with Gasteiger partial charge in [0.2, 0.25) is 0 Å². The normalized spacial score (nSPS) is 10.7. The second-order valence-corrected chi connectivity index (χ2v) is 4.21. The maximum atomic E-state index is 5.86. The molecule has 1 nitrogen and oxygen atoms in total. The molecule has 0 unspecified atom stereocenters. The summed E-state index contributed by atoms with van der Waals surface area (Å²) < 4.78 is 1.78. The van der Waals surface area contributed by atoms with Crippen LogP contribution in [0.5, 0.6) is 0 Å². The topological polar surface area (TPSA) is 12.9 Å². The lowest BCUT2D eigenvalue weighted by atomic mass is 10.3. The van der Waals surface area contributed by atoms with Crippen LogP contribution < -0.4 is 0 Å². The third-order valence-corrected chi connectivity index (χ3v) is 2.87. The van der Waals surface area contributed by atoms with Crippen LogP contribution in [0.15, 0.2) is 18.5 Å². The molecule has 0 aliphatic heterocycles. The van der Waals surface area contributed by atoms with Crippen molar-refractivity contribution in [2.75, 3.05) is 0 Å². The molecule has 0 aromatic carbocycles. The van der Waals surface area contributed by atoms with Crippen molar-refractivity contribution >= 4 is 44.6 Å². The Morgan fingerprint density at radius 2 is 2.09 bits per heavy atom. The summed E-state index contributed by atoms with van der Waals surface area (Å²) in [4.78, 5) is 3.95. The molecule has 0 N–H and O–H groups in total. The first-order valence-corrected chi connectivity index (χ1v) is 4.53. The molecular formula is C7H3Cl2NS. The van der Waals surface area contributed by atoms with Crippen LogP contribution >= 0.6 is 34.5 Å². The Labute approximate surface area is 77.6 Å². The summed E-state index contributed by atoms with van der Waals surface area (Å²) in [5, 5.41) is 1.64. The Balaban J connectivity index is 2.90. The smallest absolute Gasteiger partial charge is 0.0942 e. The standard InChI is InChI=1S/C7H3Cl2NS/c8-5-2-10-3-6-4(5)1-7(9)11-6/h1-3H. The van der Waals surface area contributed by atoms with Gasteiger partial charge in [0.15, 0.2) is 0 Å². The Hall–Kier alpha value is -0.310. The minimum atomic E-state index is 0.658. The molecule has 56 valence electrons. The number of fused-ring (bicyclic) bond motifs is 1. The predicted octanol–water partition coefficient (Wildman–Crippen LogP) is 3.60. The van der Waals surface area contributed by atoms with Crippen LogP contribution in [0.25, 0.3) is 10.1 Å². The monoisotopic (exact) mass is 203 g/mol. The van der Waals surface area contributed by atoms with E-state index >= 15 is 0 Å². The molecular weight excluding hydrogens is 201 g/mol. The van der Waals surface area contributed by atoms with Crippen LogP contribution in [0, 0.1) is 0 Å². The molecule has 0 fully saturated rings. The highest BCUT2D eigenvalue weighted by Crippen LogP contribution is 2.32. The molecule has 0 atom stereocenters. The van der Waals surface area contributed by atoms with Crippen LogP contribution in [0.3, 0.4) is 0 Å². The molecule has 11 heavy (non-hydrogen) atoms. The van der Waals surface area contributed by atoms with Crippen molar-refractivity contribution in [3.8, 4) is 0 Å². The molecule has 0 bridgehead atoms. The Bertz CT molecular complexity index is 396. The number of thiophene rings is 1. The lowest BCUT2D eigenvalue weighted by Gasteiger charge is -1.88. The van der Waals surface area contributed by atoms with E-state index in [0.29, 0.717) is 5.02 Å². The van der Waals surface area contributed by atoms with E-state index in [4.69, 9.17) is 23.2 Å². The largest absolute Gasteiger partial charge is 0.262 e. The molecule has 0 spiro atoms. The zero-order valence-electron chi connectivity index (χ0n) is 5.34. The average molecular weight is 204 g/mol. The first-order chi connectivity index (χ1) is 5.27. The van der Waals surface area contributed by atoms with Crippen molar-refractivity contribution in [3.63, 3.8) is 0 Å². The van der Waals surface area contributed by atoms with Gasteiger partial charge in [-0.1, -0.05) is 23.2 Å². The SMILES string of the molecule is Clc1cc2c(Cl)cncc2s1. The first-order valence-electron chi connectivity index (χ1n) is 2.96. The molecule has 4 heteroatoms. The number of halogens is 2. The van der Waals surface area contributed by atoms with E-state index < -0.39 is 0 Å². The molecule has 2 rings (SSSR count). The van der Waals surface area contributed by atoms with Gasteiger partial charge >= 0.3 is 0 Å². The Morgan fingerprint density at radius 1 is 1.27 bits per heavy atom. The molecule has 0 saturated heterocycles. The fraction of sp³-hybridized carbons (Fsp3) is 0. The number of rotatable bonds is 0. The van der Waals surface area contributed by atoms with Crippen molar-refractivity contribution in [1.82, 2.24) is 4.98 Å². The van der Waals surface area contributed by atoms with Gasteiger partial charge < -0.3 is 0 Å². The summed E-state index contributed by atoms with van der Waals surface area (Å²) in [5.41, 5.74) is 0. The van der Waals surface area contributed by atoms with E-state index in [1.54, 1.807) is 12.4 Å². The fourth-order valence-electron chi connectivity index (χ4n) is 0.897. The summed E-state index contributed by atoms with van der Waals surface area (Å²) >= 11 is 13.1. The van der Waals surface area contributed by atoms with Crippen molar-refractivity contribution in [1.29, 1.82) is 0 Å². The van der Waals surface area contributed by atoms with Gasteiger partial charge in [-0.05, 0) is 6.07 Å². The number of pyridine rings is 1. The molecule has 0 aliphatic rings. The van der Waals surface area contributed by atoms with E-state index in [0.717, 1.165) is 14.4 Å². The number of hydrogen-bond acceptors (Lipinski definition) is 2. The maximum Gasteiger partial charge on any atom is 0.0942 e. The van der Waals surface area contributed by atoms with Gasteiger partial charge in [0.25, 0.3) is 0 Å². The summed E-state index contributed by atoms with van der Waals surface area (Å²) in [7, 11) is 0. The summed E-state index contributed by atoms with van der Waals surface area (Å²) in [6, 6.07) is 1.85. The van der Waals surface area contributed by atoms with Gasteiger partial charge in [-0.15, -0.1) is 11.3 Å². The van der Waals surface area contributed by atoms with Crippen molar-refractivity contribution in [2.24, 2.45) is 0 Å². The van der Waals surface area contributed by atoms with E-state index in [1.165, 1.54) is 11.3 Å². The van der Waals surface area contributed by atoms with Gasteiger partial charge in [0.1, 0.15) is 0 Å². The average Bonchev–Trinajstić information content (AvgIpc) is 2.31. The molecule has 0 radical (unpaired) electrons. The van der Waals surface area contributed by atoms with Gasteiger partial charge in [-0.25, -0.2) is 0 Å².